The van der Waals surface area contributed by atoms with E-state index in [4.69, 9.17) is 14.2 Å². The van der Waals surface area contributed by atoms with Gasteiger partial charge in [0.2, 0.25) is 0 Å². The van der Waals surface area contributed by atoms with Crippen LogP contribution in [0.4, 0.5) is 5.69 Å². The average Bonchev–Trinajstić information content (AvgIpc) is 3.44. The molecule has 0 spiro atoms. The Morgan fingerprint density at radius 3 is 2.40 bits per heavy atom. The third-order valence-electron chi connectivity index (χ3n) is 4.34. The molecule has 6 nitrogen and oxygen atoms in total. The van der Waals surface area contributed by atoms with Gasteiger partial charge in [-0.05, 0) is 44.7 Å². The van der Waals surface area contributed by atoms with Crippen LogP contribution < -0.4 is 9.64 Å². The van der Waals surface area contributed by atoms with Gasteiger partial charge in [0, 0.05) is 6.20 Å². The van der Waals surface area contributed by atoms with Crippen molar-refractivity contribution in [3.63, 3.8) is 0 Å². The molecule has 0 bridgehead atoms. The van der Waals surface area contributed by atoms with Crippen molar-refractivity contribution in [3.05, 3.63) is 36.0 Å². The first-order valence-electron chi connectivity index (χ1n) is 8.71. The molecule has 0 N–H and O–H groups in total. The van der Waals surface area contributed by atoms with Crippen LogP contribution >= 0.6 is 0 Å². The third kappa shape index (κ3) is 3.78. The van der Waals surface area contributed by atoms with E-state index >= 15 is 0 Å². The summed E-state index contributed by atoms with van der Waals surface area (Å²) in [5, 5.41) is 0. The summed E-state index contributed by atoms with van der Waals surface area (Å²) in [5.74, 6) is -0.100. The van der Waals surface area contributed by atoms with Gasteiger partial charge < -0.3 is 19.1 Å². The smallest absolute Gasteiger partial charge is 0.347 e. The summed E-state index contributed by atoms with van der Waals surface area (Å²) >= 11 is 0. The molecule has 1 aromatic rings. The fraction of sp³-hybridized carbons (Fsp3) is 0.474. The SMILES string of the molecule is CCOC(=O)C(=CN1c2ccccc2OCC1C1CC1)C(=O)OCC. The van der Waals surface area contributed by atoms with Gasteiger partial charge in [-0.3, -0.25) is 0 Å². The maximum Gasteiger partial charge on any atom is 0.347 e. The number of anilines is 1. The Morgan fingerprint density at radius 1 is 1.16 bits per heavy atom. The summed E-state index contributed by atoms with van der Waals surface area (Å²) in [5.41, 5.74) is 0.753. The minimum Gasteiger partial charge on any atom is -0.489 e. The third-order valence-corrected chi connectivity index (χ3v) is 4.34. The molecule has 1 aromatic carbocycles. The van der Waals surface area contributed by atoms with Crippen molar-refractivity contribution in [1.82, 2.24) is 0 Å². The van der Waals surface area contributed by atoms with Crippen molar-refractivity contribution in [2.24, 2.45) is 5.92 Å². The highest BCUT2D eigenvalue weighted by Gasteiger charge is 2.39. The Bertz CT molecular complexity index is 660. The largest absolute Gasteiger partial charge is 0.489 e. The average molecular weight is 345 g/mol. The van der Waals surface area contributed by atoms with E-state index in [1.165, 1.54) is 0 Å². The molecular weight excluding hydrogens is 322 g/mol. The summed E-state index contributed by atoms with van der Waals surface area (Å²) in [6.45, 7) is 4.33. The molecule has 25 heavy (non-hydrogen) atoms. The normalized spacial score (nSPS) is 18.6. The molecule has 134 valence electrons. The summed E-state index contributed by atoms with van der Waals surface area (Å²) < 4.78 is 16.0. The van der Waals surface area contributed by atoms with Crippen LogP contribution in [0.1, 0.15) is 26.7 Å². The zero-order chi connectivity index (χ0) is 17.8. The molecule has 0 amide bonds. The van der Waals surface area contributed by atoms with Gasteiger partial charge in [-0.2, -0.15) is 0 Å². The van der Waals surface area contributed by atoms with Gasteiger partial charge in [0.15, 0.2) is 5.57 Å². The molecule has 2 aliphatic rings. The highest BCUT2D eigenvalue weighted by atomic mass is 16.6. The number of carbonyl (C=O) groups excluding carboxylic acids is 2. The predicted molar refractivity (Wildman–Crippen MR) is 92.3 cm³/mol. The van der Waals surface area contributed by atoms with Crippen LogP contribution in [-0.2, 0) is 19.1 Å². The molecule has 0 aromatic heterocycles. The summed E-state index contributed by atoms with van der Waals surface area (Å²) in [6, 6.07) is 7.71. The molecule has 0 saturated heterocycles. The van der Waals surface area contributed by atoms with Gasteiger partial charge in [0.1, 0.15) is 12.4 Å². The van der Waals surface area contributed by atoms with Crippen molar-refractivity contribution < 1.29 is 23.8 Å². The Morgan fingerprint density at radius 2 is 1.80 bits per heavy atom. The molecule has 1 unspecified atom stereocenters. The van der Waals surface area contributed by atoms with Crippen molar-refractivity contribution in [1.29, 1.82) is 0 Å². The highest BCUT2D eigenvalue weighted by Crippen LogP contribution is 2.43. The quantitative estimate of drug-likeness (QED) is 0.342. The van der Waals surface area contributed by atoms with E-state index in [9.17, 15) is 9.59 Å². The standard InChI is InChI=1S/C19H23NO5/c1-3-23-18(21)14(19(22)24-4-2)11-20-15-7-5-6-8-17(15)25-12-16(20)13-9-10-13/h5-8,11,13,16H,3-4,9-10,12H2,1-2H3. The Hall–Kier alpha value is -2.50. The maximum absolute atomic E-state index is 12.3. The number of rotatable bonds is 6. The lowest BCUT2D eigenvalue weighted by atomic mass is 10.1. The number of para-hydroxylation sites is 2. The van der Waals surface area contributed by atoms with Crippen LogP contribution in [-0.4, -0.2) is 37.8 Å². The monoisotopic (exact) mass is 345 g/mol. The summed E-state index contributed by atoms with van der Waals surface area (Å²) in [4.78, 5) is 26.5. The molecule has 3 rings (SSSR count). The molecule has 1 atom stereocenters. The van der Waals surface area contributed by atoms with E-state index < -0.39 is 11.9 Å². The topological polar surface area (TPSA) is 65.1 Å². The van der Waals surface area contributed by atoms with E-state index in [0.717, 1.165) is 24.3 Å². The Balaban J connectivity index is 1.99. The second kappa shape index (κ2) is 7.59. The molecule has 1 aliphatic heterocycles. The maximum atomic E-state index is 12.3. The van der Waals surface area contributed by atoms with Gasteiger partial charge >= 0.3 is 11.9 Å². The Kier molecular flexibility index (Phi) is 5.26. The number of hydrogen-bond acceptors (Lipinski definition) is 6. The minimum absolute atomic E-state index is 0.0914. The number of hydrogen-bond donors (Lipinski definition) is 0. The van der Waals surface area contributed by atoms with E-state index in [2.05, 4.69) is 0 Å². The first-order chi connectivity index (χ1) is 12.2. The lowest BCUT2D eigenvalue weighted by Crippen LogP contribution is -2.42. The van der Waals surface area contributed by atoms with Crippen LogP contribution in [0.3, 0.4) is 0 Å². The molecule has 0 radical (unpaired) electrons. The van der Waals surface area contributed by atoms with E-state index in [-0.39, 0.29) is 24.8 Å². The van der Waals surface area contributed by atoms with Crippen molar-refractivity contribution in [2.75, 3.05) is 24.7 Å². The minimum atomic E-state index is -0.667. The molecule has 1 saturated carbocycles. The number of ether oxygens (including phenoxy) is 3. The fourth-order valence-electron chi connectivity index (χ4n) is 2.98. The van der Waals surface area contributed by atoms with Crippen LogP contribution in [0.2, 0.25) is 0 Å². The number of fused-ring (bicyclic) bond motifs is 1. The molecular formula is C19H23NO5. The van der Waals surface area contributed by atoms with Crippen molar-refractivity contribution in [3.8, 4) is 5.75 Å². The second-order valence-corrected chi connectivity index (χ2v) is 6.07. The van der Waals surface area contributed by atoms with E-state index in [0.29, 0.717) is 12.5 Å². The van der Waals surface area contributed by atoms with E-state index in [1.54, 1.807) is 20.0 Å². The van der Waals surface area contributed by atoms with Gasteiger partial charge in [-0.15, -0.1) is 0 Å². The first-order valence-corrected chi connectivity index (χ1v) is 8.71. The van der Waals surface area contributed by atoms with Crippen LogP contribution in [0.5, 0.6) is 5.75 Å². The van der Waals surface area contributed by atoms with Gasteiger partial charge in [-0.25, -0.2) is 9.59 Å². The predicted octanol–water partition coefficient (Wildman–Crippen LogP) is 2.67. The van der Waals surface area contributed by atoms with Gasteiger partial charge in [0.25, 0.3) is 0 Å². The summed E-state index contributed by atoms with van der Waals surface area (Å²) in [6.07, 6.45) is 3.81. The second-order valence-electron chi connectivity index (χ2n) is 6.07. The lowest BCUT2D eigenvalue weighted by molar-refractivity contribution is -0.146. The molecule has 1 fully saturated rings. The zero-order valence-electron chi connectivity index (χ0n) is 14.6. The number of esters is 2. The van der Waals surface area contributed by atoms with Crippen molar-refractivity contribution in [2.45, 2.75) is 32.7 Å². The van der Waals surface area contributed by atoms with E-state index in [1.807, 2.05) is 29.2 Å². The highest BCUT2D eigenvalue weighted by molar-refractivity contribution is 6.14. The van der Waals surface area contributed by atoms with Crippen molar-refractivity contribution >= 4 is 17.6 Å². The number of benzene rings is 1. The number of nitrogens with zero attached hydrogens (tertiary/aromatic N) is 1. The lowest BCUT2D eigenvalue weighted by Gasteiger charge is -2.36. The Labute approximate surface area is 147 Å². The molecule has 6 heteroatoms. The first kappa shape index (κ1) is 17.3. The van der Waals surface area contributed by atoms with Crippen LogP contribution in [0, 0.1) is 5.92 Å². The molecule has 1 heterocycles. The van der Waals surface area contributed by atoms with Gasteiger partial charge in [0.05, 0.1) is 24.9 Å². The van der Waals surface area contributed by atoms with Gasteiger partial charge in [-0.1, -0.05) is 12.1 Å². The molecule has 1 aliphatic carbocycles. The number of carbonyl (C=O) groups is 2. The van der Waals surface area contributed by atoms with Crippen LogP contribution in [0.15, 0.2) is 36.0 Å². The fourth-order valence-corrected chi connectivity index (χ4v) is 2.98. The van der Waals surface area contributed by atoms with Crippen LogP contribution in [0.25, 0.3) is 0 Å². The summed E-state index contributed by atoms with van der Waals surface area (Å²) in [7, 11) is 0. The zero-order valence-corrected chi connectivity index (χ0v) is 14.6.